The van der Waals surface area contributed by atoms with E-state index >= 15 is 0 Å². The molecule has 1 aliphatic rings. The van der Waals surface area contributed by atoms with Crippen LogP contribution in [0.5, 0.6) is 0 Å². The van der Waals surface area contributed by atoms with E-state index in [1.165, 1.54) is 0 Å². The molecule has 1 fully saturated rings. The first-order valence-corrected chi connectivity index (χ1v) is 8.25. The van der Waals surface area contributed by atoms with Crippen molar-refractivity contribution in [1.29, 1.82) is 0 Å². The topological polar surface area (TPSA) is 166 Å². The highest BCUT2D eigenvalue weighted by Gasteiger charge is 2.57. The van der Waals surface area contributed by atoms with Crippen molar-refractivity contribution in [2.45, 2.75) is 43.0 Å². The fourth-order valence-corrected chi connectivity index (χ4v) is 2.77. The molecule has 6 N–H and O–H groups in total. The standard InChI is InChI=1S/C15H28N2O9/c1-17(2,3)9(13(22)23)5-4-6-16-14(24)26-15(8-19)12(21)11(20)10(7-18)25-15/h9-12,18-21H,4-8H2,1-3H3,(H-,16,22,23,24)/p+1/t9?,10-,11-,12+,15?/m1/s1. The highest BCUT2D eigenvalue weighted by molar-refractivity contribution is 5.72. The van der Waals surface area contributed by atoms with Crippen LogP contribution in [0.4, 0.5) is 4.79 Å². The van der Waals surface area contributed by atoms with Gasteiger partial charge in [0.25, 0.3) is 5.79 Å². The highest BCUT2D eigenvalue weighted by atomic mass is 16.8. The van der Waals surface area contributed by atoms with Gasteiger partial charge in [0, 0.05) is 13.0 Å². The van der Waals surface area contributed by atoms with E-state index in [4.69, 9.17) is 14.6 Å². The number of carbonyl (C=O) groups is 2. The Labute approximate surface area is 151 Å². The minimum Gasteiger partial charge on any atom is -0.477 e. The lowest BCUT2D eigenvalue weighted by Gasteiger charge is -2.31. The van der Waals surface area contributed by atoms with Gasteiger partial charge in [0.15, 0.2) is 12.1 Å². The number of hydrogen-bond donors (Lipinski definition) is 6. The minimum atomic E-state index is -2.18. The summed E-state index contributed by atoms with van der Waals surface area (Å²) in [6.07, 6.45) is -4.80. The molecule has 0 aromatic heterocycles. The molecule has 11 heteroatoms. The Balaban J connectivity index is 2.52. The van der Waals surface area contributed by atoms with Gasteiger partial charge in [0.1, 0.15) is 18.8 Å². The fourth-order valence-electron chi connectivity index (χ4n) is 2.77. The van der Waals surface area contributed by atoms with Crippen molar-refractivity contribution < 1.29 is 49.1 Å². The molecule has 1 aliphatic heterocycles. The maximum atomic E-state index is 11.9. The zero-order valence-corrected chi connectivity index (χ0v) is 15.2. The van der Waals surface area contributed by atoms with Gasteiger partial charge in [-0.1, -0.05) is 0 Å². The number of aliphatic carboxylic acids is 1. The van der Waals surface area contributed by atoms with Gasteiger partial charge < -0.3 is 44.8 Å². The molecule has 0 aromatic carbocycles. The Hall–Kier alpha value is -1.50. The summed E-state index contributed by atoms with van der Waals surface area (Å²) in [7, 11) is 5.27. The number of hydrogen-bond acceptors (Lipinski definition) is 8. The van der Waals surface area contributed by atoms with E-state index in [1.807, 2.05) is 0 Å². The SMILES string of the molecule is C[N+](C)(C)C(CCCNC(=O)OC1(CO)O[C@H](CO)[C@@H](O)[C@@H]1O)C(=O)O. The predicted octanol–water partition coefficient (Wildman–Crippen LogP) is -2.55. The van der Waals surface area contributed by atoms with Crippen molar-refractivity contribution in [3.63, 3.8) is 0 Å². The molecule has 0 spiro atoms. The van der Waals surface area contributed by atoms with E-state index in [1.54, 1.807) is 21.1 Å². The molecule has 5 atom stereocenters. The lowest BCUT2D eigenvalue weighted by Crippen LogP contribution is -2.52. The molecule has 2 unspecified atom stereocenters. The average Bonchev–Trinajstić information content (AvgIpc) is 2.78. The Bertz CT molecular complexity index is 496. The molecule has 0 aromatic rings. The van der Waals surface area contributed by atoms with Crippen LogP contribution in [0.3, 0.4) is 0 Å². The summed E-state index contributed by atoms with van der Waals surface area (Å²) in [5.74, 6) is -3.12. The summed E-state index contributed by atoms with van der Waals surface area (Å²) in [6.45, 7) is -1.45. The fraction of sp³-hybridized carbons (Fsp3) is 0.867. The molecular formula is C15H29N2O9+. The van der Waals surface area contributed by atoms with Crippen LogP contribution in [0.25, 0.3) is 0 Å². The van der Waals surface area contributed by atoms with Crippen LogP contribution >= 0.6 is 0 Å². The van der Waals surface area contributed by atoms with Crippen LogP contribution in [0.15, 0.2) is 0 Å². The number of quaternary nitrogens is 1. The minimum absolute atomic E-state index is 0.103. The van der Waals surface area contributed by atoms with Crippen molar-refractivity contribution in [1.82, 2.24) is 5.32 Å². The van der Waals surface area contributed by atoms with Crippen molar-refractivity contribution >= 4 is 12.1 Å². The molecule has 1 amide bonds. The lowest BCUT2D eigenvalue weighted by molar-refractivity contribution is -0.887. The first kappa shape index (κ1) is 22.5. The van der Waals surface area contributed by atoms with E-state index in [2.05, 4.69) is 5.32 Å². The van der Waals surface area contributed by atoms with Crippen molar-refractivity contribution in [3.05, 3.63) is 0 Å². The summed E-state index contributed by atoms with van der Waals surface area (Å²) < 4.78 is 10.3. The number of rotatable bonds is 9. The number of nitrogens with one attached hydrogen (secondary N) is 1. The van der Waals surface area contributed by atoms with Gasteiger partial charge in [0.2, 0.25) is 0 Å². The second kappa shape index (κ2) is 8.93. The predicted molar refractivity (Wildman–Crippen MR) is 87.0 cm³/mol. The Morgan fingerprint density at radius 2 is 1.88 bits per heavy atom. The van der Waals surface area contributed by atoms with E-state index < -0.39 is 55.4 Å². The summed E-state index contributed by atoms with van der Waals surface area (Å²) in [5, 5.41) is 49.7. The molecule has 0 bridgehead atoms. The molecule has 1 saturated heterocycles. The van der Waals surface area contributed by atoms with Crippen LogP contribution < -0.4 is 5.32 Å². The van der Waals surface area contributed by atoms with Crippen LogP contribution in [-0.4, -0.2) is 113 Å². The van der Waals surface area contributed by atoms with Gasteiger partial charge in [-0.2, -0.15) is 0 Å². The molecule has 0 aliphatic carbocycles. The monoisotopic (exact) mass is 381 g/mol. The number of ether oxygens (including phenoxy) is 2. The number of likely N-dealkylation sites (N-methyl/N-ethyl adjacent to an activating group) is 1. The number of aliphatic hydroxyl groups is 4. The van der Waals surface area contributed by atoms with Crippen LogP contribution in [0, 0.1) is 0 Å². The molecular weight excluding hydrogens is 352 g/mol. The number of nitrogens with zero attached hydrogens (tertiary/aromatic N) is 1. The molecule has 0 radical (unpaired) electrons. The lowest BCUT2D eigenvalue weighted by atomic mass is 10.1. The maximum Gasteiger partial charge on any atom is 0.409 e. The van der Waals surface area contributed by atoms with E-state index in [9.17, 15) is 30.0 Å². The van der Waals surface area contributed by atoms with Crippen LogP contribution in [0.1, 0.15) is 12.8 Å². The smallest absolute Gasteiger partial charge is 0.409 e. The molecule has 1 heterocycles. The molecule has 152 valence electrons. The maximum absolute atomic E-state index is 11.9. The average molecular weight is 381 g/mol. The third kappa shape index (κ3) is 5.25. The highest BCUT2D eigenvalue weighted by Crippen LogP contribution is 2.32. The molecule has 0 saturated carbocycles. The Kier molecular flexibility index (Phi) is 7.74. The zero-order chi connectivity index (χ0) is 20.1. The number of carboxylic acids is 1. The number of aliphatic hydroxyl groups excluding tert-OH is 4. The van der Waals surface area contributed by atoms with Gasteiger partial charge in [-0.25, -0.2) is 9.59 Å². The number of amides is 1. The summed E-state index contributed by atoms with van der Waals surface area (Å²) in [5.41, 5.74) is 0. The second-order valence-electron chi connectivity index (χ2n) is 7.17. The van der Waals surface area contributed by atoms with Gasteiger partial charge in [-0.05, 0) is 6.42 Å². The van der Waals surface area contributed by atoms with Crippen LogP contribution in [0.2, 0.25) is 0 Å². The summed E-state index contributed by atoms with van der Waals surface area (Å²) in [4.78, 5) is 23.2. The normalized spacial score (nSPS) is 30.0. The van der Waals surface area contributed by atoms with Gasteiger partial charge in [-0.15, -0.1) is 0 Å². The van der Waals surface area contributed by atoms with Gasteiger partial charge in [0.05, 0.1) is 27.7 Å². The van der Waals surface area contributed by atoms with Crippen LogP contribution in [-0.2, 0) is 14.3 Å². The van der Waals surface area contributed by atoms with E-state index in [0.717, 1.165) is 0 Å². The van der Waals surface area contributed by atoms with Gasteiger partial charge >= 0.3 is 12.1 Å². The zero-order valence-electron chi connectivity index (χ0n) is 15.2. The van der Waals surface area contributed by atoms with E-state index in [0.29, 0.717) is 12.8 Å². The Morgan fingerprint density at radius 3 is 2.31 bits per heavy atom. The number of carbonyl (C=O) groups excluding carboxylic acids is 1. The third-order valence-corrected chi connectivity index (χ3v) is 4.32. The first-order chi connectivity index (χ1) is 12.0. The summed E-state index contributed by atoms with van der Waals surface area (Å²) >= 11 is 0. The molecule has 1 rings (SSSR count). The quantitative estimate of drug-likeness (QED) is 0.186. The van der Waals surface area contributed by atoms with Crippen molar-refractivity contribution in [3.8, 4) is 0 Å². The summed E-state index contributed by atoms with van der Waals surface area (Å²) in [6, 6.07) is -0.642. The number of carboxylic acid groups (broad SMARTS) is 1. The third-order valence-electron chi connectivity index (χ3n) is 4.32. The molecule has 26 heavy (non-hydrogen) atoms. The van der Waals surface area contributed by atoms with E-state index in [-0.39, 0.29) is 11.0 Å². The Morgan fingerprint density at radius 1 is 1.27 bits per heavy atom. The van der Waals surface area contributed by atoms with Crippen molar-refractivity contribution in [2.75, 3.05) is 40.9 Å². The molecule has 11 nitrogen and oxygen atoms in total. The first-order valence-electron chi connectivity index (χ1n) is 8.25. The van der Waals surface area contributed by atoms with Gasteiger partial charge in [-0.3, -0.25) is 0 Å². The number of alkyl carbamates (subject to hydrolysis) is 1. The largest absolute Gasteiger partial charge is 0.477 e. The van der Waals surface area contributed by atoms with Crippen molar-refractivity contribution in [2.24, 2.45) is 0 Å². The second-order valence-corrected chi connectivity index (χ2v) is 7.17.